The fraction of sp³-hybridized carbons (Fsp3) is 0.104. The van der Waals surface area contributed by atoms with Gasteiger partial charge in [0.05, 0.1) is 10.7 Å². The van der Waals surface area contributed by atoms with Gasteiger partial charge >= 0.3 is 0 Å². The lowest BCUT2D eigenvalue weighted by molar-refractivity contribution is 0.660. The summed E-state index contributed by atoms with van der Waals surface area (Å²) in [5, 5.41) is 6.29. The molecular weight excluding hydrogens is 897 g/mol. The summed E-state index contributed by atoms with van der Waals surface area (Å²) in [6.45, 7) is 10.0. The molecule has 2 nitrogen and oxygen atoms in total. The molecule has 0 atom stereocenters. The maximum atomic E-state index is 4.94. The third-order valence-electron chi connectivity index (χ3n) is 15.2. The lowest BCUT2D eigenvalue weighted by atomic mass is 9.79. The van der Waals surface area contributed by atoms with Crippen LogP contribution in [0.1, 0.15) is 70.8 Å². The first-order valence-electron chi connectivity index (χ1n) is 24.5. The first kappa shape index (κ1) is 43.3. The first-order chi connectivity index (χ1) is 34.7. The zero-order valence-corrected chi connectivity index (χ0v) is 41.8. The van der Waals surface area contributed by atoms with E-state index >= 15 is 0 Å². The van der Waals surface area contributed by atoms with Gasteiger partial charge in [-0.1, -0.05) is 173 Å². The van der Waals surface area contributed by atoms with Gasteiger partial charge in [0.2, 0.25) is 0 Å². The lowest BCUT2D eigenvalue weighted by Gasteiger charge is -2.24. The van der Waals surface area contributed by atoms with Gasteiger partial charge in [-0.25, -0.2) is 0 Å². The molecule has 0 saturated carbocycles. The number of hydrogen-bond acceptors (Lipinski definition) is 4. The summed E-state index contributed by atoms with van der Waals surface area (Å²) in [6.07, 6.45) is 9.21. The van der Waals surface area contributed by atoms with Crippen molar-refractivity contribution >= 4 is 47.0 Å². The molecule has 4 heteroatoms. The molecule has 0 unspecified atom stereocenters. The Hall–Kier alpha value is -7.76. The average molecular weight is 947 g/mol. The van der Waals surface area contributed by atoms with Crippen LogP contribution in [-0.4, -0.2) is 6.67 Å². The van der Waals surface area contributed by atoms with E-state index in [1.807, 2.05) is 0 Å². The molecular formula is C67H50N2S2. The minimum absolute atomic E-state index is 0.173. The number of benzene rings is 8. The van der Waals surface area contributed by atoms with Gasteiger partial charge in [0.1, 0.15) is 6.67 Å². The molecule has 0 fully saturated rings. The van der Waals surface area contributed by atoms with Crippen molar-refractivity contribution in [2.75, 3.05) is 6.67 Å². The molecule has 3 aliphatic rings. The normalized spacial score (nSPS) is 14.5. The molecule has 13 rings (SSSR count). The zero-order valence-electron chi connectivity index (χ0n) is 40.2. The fourth-order valence-electron chi connectivity index (χ4n) is 11.5. The highest BCUT2D eigenvalue weighted by molar-refractivity contribution is 7.11. The second-order valence-corrected chi connectivity index (χ2v) is 22.0. The Labute approximate surface area is 424 Å². The number of fused-ring (bicyclic) bond motifs is 7. The monoisotopic (exact) mass is 946 g/mol. The van der Waals surface area contributed by atoms with Crippen LogP contribution in [0.2, 0.25) is 0 Å². The standard InChI is InChI=1S/C67H50N2S2/c1-66(2)60-37-44(42-13-7-5-8-14-42)21-27-54(60)56-29-23-48(39-62(56)66)58-35-46(20-26-51-18-12-34-71-51)59(36-45(58)19-25-50-17-11-33-70-50)49-24-30-57-55-28-22-47(38-61(55)67(3,4)63(57)40-49)53-32-31-52(43-15-9-6-10-16-43)64-65(53)69-41-68-64/h5-40H,41H2,1-4H3/b25-19+,26-20+. The van der Waals surface area contributed by atoms with E-state index in [4.69, 9.17) is 9.98 Å². The van der Waals surface area contributed by atoms with Crippen molar-refractivity contribution in [2.45, 2.75) is 38.5 Å². The molecule has 71 heavy (non-hydrogen) atoms. The second-order valence-electron chi connectivity index (χ2n) is 20.1. The smallest absolute Gasteiger partial charge is 0.130 e. The van der Waals surface area contributed by atoms with Crippen LogP contribution in [-0.2, 0) is 10.8 Å². The van der Waals surface area contributed by atoms with Gasteiger partial charge in [-0.3, -0.25) is 9.98 Å². The molecule has 0 spiro atoms. The summed E-state index contributed by atoms with van der Waals surface area (Å²) in [5.41, 5.74) is 24.6. The van der Waals surface area contributed by atoms with Gasteiger partial charge in [0.25, 0.3) is 0 Å². The molecule has 2 aliphatic carbocycles. The number of rotatable bonds is 9. The molecule has 1 aliphatic heterocycles. The number of thiophene rings is 2. The van der Waals surface area contributed by atoms with E-state index in [0.717, 1.165) is 21.8 Å². The zero-order chi connectivity index (χ0) is 47.8. The summed E-state index contributed by atoms with van der Waals surface area (Å²) in [6, 6.07) is 67.7. The van der Waals surface area contributed by atoms with Crippen molar-refractivity contribution in [3.05, 3.63) is 247 Å². The van der Waals surface area contributed by atoms with Gasteiger partial charge in [0.15, 0.2) is 0 Å². The van der Waals surface area contributed by atoms with Crippen LogP contribution in [0.3, 0.4) is 0 Å². The van der Waals surface area contributed by atoms with Gasteiger partial charge in [-0.15, -0.1) is 22.7 Å². The van der Waals surface area contributed by atoms with Crippen LogP contribution >= 0.6 is 22.7 Å². The molecule has 8 aromatic carbocycles. The Morgan fingerprint density at radius 3 is 1.15 bits per heavy atom. The topological polar surface area (TPSA) is 24.7 Å². The van der Waals surface area contributed by atoms with Gasteiger partial charge in [-0.05, 0) is 172 Å². The van der Waals surface area contributed by atoms with Crippen LogP contribution in [0.5, 0.6) is 0 Å². The van der Waals surface area contributed by atoms with Crippen LogP contribution < -0.4 is 10.7 Å². The molecule has 0 N–H and O–H groups in total. The predicted octanol–water partition coefficient (Wildman–Crippen LogP) is 17.3. The lowest BCUT2D eigenvalue weighted by Crippen LogP contribution is -2.26. The Balaban J connectivity index is 0.922. The summed E-state index contributed by atoms with van der Waals surface area (Å²) in [5.74, 6) is 0. The van der Waals surface area contributed by atoms with Crippen LogP contribution in [0.25, 0.3) is 102 Å². The van der Waals surface area contributed by atoms with E-state index in [0.29, 0.717) is 6.67 Å². The van der Waals surface area contributed by atoms with E-state index in [1.165, 1.54) is 110 Å². The minimum Gasteiger partial charge on any atom is -0.259 e. The van der Waals surface area contributed by atoms with Crippen molar-refractivity contribution in [2.24, 2.45) is 9.98 Å². The second kappa shape index (κ2) is 17.0. The summed E-state index contributed by atoms with van der Waals surface area (Å²) >= 11 is 3.54. The highest BCUT2D eigenvalue weighted by Crippen LogP contribution is 2.53. The van der Waals surface area contributed by atoms with Crippen molar-refractivity contribution in [1.82, 2.24) is 0 Å². The summed E-state index contributed by atoms with van der Waals surface area (Å²) in [7, 11) is 0. The molecule has 3 heterocycles. The number of nitrogens with zero attached hydrogens (tertiary/aromatic N) is 2. The summed E-state index contributed by atoms with van der Waals surface area (Å²) < 4.78 is 0. The van der Waals surface area contributed by atoms with Crippen molar-refractivity contribution < 1.29 is 0 Å². The largest absolute Gasteiger partial charge is 0.259 e. The van der Waals surface area contributed by atoms with Crippen molar-refractivity contribution in [1.29, 1.82) is 0 Å². The molecule has 0 bridgehead atoms. The molecule has 0 saturated heterocycles. The highest BCUT2D eigenvalue weighted by atomic mass is 32.1. The van der Waals surface area contributed by atoms with E-state index in [1.54, 1.807) is 22.7 Å². The van der Waals surface area contributed by atoms with E-state index in [9.17, 15) is 0 Å². The predicted molar refractivity (Wildman–Crippen MR) is 302 cm³/mol. The number of hydrogen-bond donors (Lipinski definition) is 0. The maximum absolute atomic E-state index is 4.94. The third kappa shape index (κ3) is 7.35. The van der Waals surface area contributed by atoms with Gasteiger partial charge in [0, 0.05) is 31.7 Å². The quantitative estimate of drug-likeness (QED) is 0.138. The van der Waals surface area contributed by atoms with E-state index in [2.05, 4.69) is 245 Å². The van der Waals surface area contributed by atoms with E-state index in [-0.39, 0.29) is 10.8 Å². The Morgan fingerprint density at radius 2 is 0.718 bits per heavy atom. The average Bonchev–Trinajstić information content (AvgIpc) is 4.28. The first-order valence-corrected chi connectivity index (χ1v) is 26.3. The molecule has 2 aromatic heterocycles. The van der Waals surface area contributed by atoms with Crippen LogP contribution in [0, 0.1) is 0 Å². The minimum atomic E-state index is -0.239. The Kier molecular flexibility index (Phi) is 10.4. The SMILES string of the molecule is CC1(C)c2cc(-c3ccccc3)ccc2-c2ccc(-c3cc(/C=C/c4cccs4)c(-c4ccc5c(c4)C(C)(C)c4cc(-c6ccc(-c7ccccc7)c7c6=NCN=7)ccc4-5)cc3/C=C/c3cccs3)cc21. The molecule has 340 valence electrons. The van der Waals surface area contributed by atoms with Crippen molar-refractivity contribution in [3.63, 3.8) is 0 Å². The molecule has 0 radical (unpaired) electrons. The molecule has 0 amide bonds. The Morgan fingerprint density at radius 1 is 0.338 bits per heavy atom. The molecule has 10 aromatic rings. The van der Waals surface area contributed by atoms with Crippen LogP contribution in [0.15, 0.2) is 203 Å². The van der Waals surface area contributed by atoms with Gasteiger partial charge in [-0.2, -0.15) is 0 Å². The van der Waals surface area contributed by atoms with E-state index < -0.39 is 0 Å². The maximum Gasteiger partial charge on any atom is 0.130 e. The highest BCUT2D eigenvalue weighted by Gasteiger charge is 2.38. The van der Waals surface area contributed by atoms with Gasteiger partial charge < -0.3 is 0 Å². The van der Waals surface area contributed by atoms with Crippen LogP contribution in [0.4, 0.5) is 0 Å². The summed E-state index contributed by atoms with van der Waals surface area (Å²) in [4.78, 5) is 12.3. The van der Waals surface area contributed by atoms with Crippen molar-refractivity contribution in [3.8, 4) is 77.9 Å². The fourth-order valence-corrected chi connectivity index (χ4v) is 12.7. The third-order valence-corrected chi connectivity index (χ3v) is 16.9. The Bertz CT molecular complexity index is 3930.